The summed E-state index contributed by atoms with van der Waals surface area (Å²) in [6.45, 7) is 0. The van der Waals surface area contributed by atoms with E-state index in [1.165, 1.54) is 25.7 Å². The molecule has 0 unspecified atom stereocenters. The molecule has 0 saturated heterocycles. The van der Waals surface area contributed by atoms with Gasteiger partial charge in [-0.25, -0.2) is 0 Å². The van der Waals surface area contributed by atoms with E-state index in [-0.39, 0.29) is 0 Å². The van der Waals surface area contributed by atoms with Crippen molar-refractivity contribution in [1.29, 1.82) is 0 Å². The SMILES string of the molecule is O=P(CCCl)(NC1CC1)NC1CC1. The van der Waals surface area contributed by atoms with Crippen molar-refractivity contribution < 1.29 is 4.57 Å². The van der Waals surface area contributed by atoms with Gasteiger partial charge in [0.15, 0.2) is 0 Å². The van der Waals surface area contributed by atoms with Crippen LogP contribution in [0.1, 0.15) is 25.7 Å². The largest absolute Gasteiger partial charge is 0.289 e. The van der Waals surface area contributed by atoms with Crippen LogP contribution in [0.5, 0.6) is 0 Å². The van der Waals surface area contributed by atoms with Crippen LogP contribution >= 0.6 is 19.0 Å². The topological polar surface area (TPSA) is 41.1 Å². The smallest absolute Gasteiger partial charge is 0.213 e. The summed E-state index contributed by atoms with van der Waals surface area (Å²) in [6, 6.07) is 0.973. The maximum Gasteiger partial charge on any atom is 0.213 e. The molecule has 0 bridgehead atoms. The van der Waals surface area contributed by atoms with E-state index in [9.17, 15) is 4.57 Å². The fourth-order valence-electron chi connectivity index (χ4n) is 1.30. The van der Waals surface area contributed by atoms with E-state index >= 15 is 0 Å². The van der Waals surface area contributed by atoms with E-state index in [2.05, 4.69) is 10.2 Å². The highest BCUT2D eigenvalue weighted by Crippen LogP contribution is 2.44. The van der Waals surface area contributed by atoms with Crippen LogP contribution in [0.4, 0.5) is 0 Å². The maximum atomic E-state index is 12.2. The Morgan fingerprint density at radius 1 is 1.15 bits per heavy atom. The first-order valence-corrected chi connectivity index (χ1v) is 7.35. The summed E-state index contributed by atoms with van der Waals surface area (Å²) in [4.78, 5) is 0. The Kier molecular flexibility index (Phi) is 2.99. The van der Waals surface area contributed by atoms with Crippen LogP contribution in [0, 0.1) is 0 Å². The molecule has 0 spiro atoms. The van der Waals surface area contributed by atoms with Gasteiger partial charge in [0, 0.05) is 24.1 Å². The normalized spacial score (nSPS) is 23.5. The van der Waals surface area contributed by atoms with Gasteiger partial charge < -0.3 is 0 Å². The minimum atomic E-state index is -2.34. The molecular weight excluding hydrogens is 207 g/mol. The van der Waals surface area contributed by atoms with E-state index in [4.69, 9.17) is 11.6 Å². The van der Waals surface area contributed by atoms with Gasteiger partial charge in [-0.2, -0.15) is 0 Å². The molecular formula is C8H16ClN2OP. The van der Waals surface area contributed by atoms with Gasteiger partial charge in [0.2, 0.25) is 7.44 Å². The molecule has 2 aliphatic rings. The van der Waals surface area contributed by atoms with Crippen molar-refractivity contribution in [2.45, 2.75) is 37.8 Å². The second-order valence-corrected chi connectivity index (χ2v) is 6.78. The minimum Gasteiger partial charge on any atom is -0.289 e. The molecule has 0 radical (unpaired) electrons. The number of halogens is 1. The maximum absolute atomic E-state index is 12.2. The summed E-state index contributed by atoms with van der Waals surface area (Å²) in [5, 5.41) is 6.40. The Balaban J connectivity index is 1.86. The molecule has 0 atom stereocenters. The van der Waals surface area contributed by atoms with Gasteiger partial charge in [-0.05, 0) is 25.7 Å². The van der Waals surface area contributed by atoms with Crippen molar-refractivity contribution in [3.8, 4) is 0 Å². The molecule has 2 saturated carbocycles. The van der Waals surface area contributed by atoms with Crippen LogP contribution in [0.3, 0.4) is 0 Å². The fourth-order valence-corrected chi connectivity index (χ4v) is 4.28. The molecule has 5 heteroatoms. The molecule has 3 nitrogen and oxygen atoms in total. The fraction of sp³-hybridized carbons (Fsp3) is 1.00. The third-order valence-corrected chi connectivity index (χ3v) is 5.21. The highest BCUT2D eigenvalue weighted by atomic mass is 35.5. The minimum absolute atomic E-state index is 0.469. The van der Waals surface area contributed by atoms with Crippen molar-refractivity contribution >= 4 is 19.0 Å². The Bertz CT molecular complexity index is 210. The highest BCUT2D eigenvalue weighted by molar-refractivity contribution is 7.60. The molecule has 2 N–H and O–H groups in total. The predicted octanol–water partition coefficient (Wildman–Crippen LogP) is 1.92. The molecule has 0 aliphatic heterocycles. The van der Waals surface area contributed by atoms with Crippen molar-refractivity contribution in [2.24, 2.45) is 0 Å². The van der Waals surface area contributed by atoms with Gasteiger partial charge in [-0.15, -0.1) is 11.6 Å². The van der Waals surface area contributed by atoms with Gasteiger partial charge in [-0.3, -0.25) is 14.7 Å². The molecule has 2 rings (SSSR count). The van der Waals surface area contributed by atoms with Gasteiger partial charge in [-0.1, -0.05) is 0 Å². The first-order valence-electron chi connectivity index (χ1n) is 4.92. The second kappa shape index (κ2) is 3.90. The number of rotatable bonds is 6. The van der Waals surface area contributed by atoms with Crippen LogP contribution in [0.25, 0.3) is 0 Å². The predicted molar refractivity (Wildman–Crippen MR) is 55.5 cm³/mol. The lowest BCUT2D eigenvalue weighted by atomic mass is 10.8. The number of hydrogen-bond donors (Lipinski definition) is 2. The first kappa shape index (κ1) is 9.97. The van der Waals surface area contributed by atoms with Gasteiger partial charge in [0.25, 0.3) is 0 Å². The van der Waals surface area contributed by atoms with Crippen LogP contribution < -0.4 is 10.2 Å². The molecule has 2 fully saturated rings. The summed E-state index contributed by atoms with van der Waals surface area (Å²) in [5.74, 6) is 0.469. The molecule has 0 aromatic heterocycles. The monoisotopic (exact) mass is 222 g/mol. The average Bonchev–Trinajstić information content (AvgIpc) is 2.85. The van der Waals surface area contributed by atoms with E-state index in [0.717, 1.165) is 0 Å². The van der Waals surface area contributed by atoms with Crippen LogP contribution in [-0.4, -0.2) is 24.1 Å². The molecule has 0 amide bonds. The number of hydrogen-bond acceptors (Lipinski definition) is 1. The van der Waals surface area contributed by atoms with Crippen LogP contribution in [0.2, 0.25) is 0 Å². The third kappa shape index (κ3) is 3.25. The van der Waals surface area contributed by atoms with E-state index in [0.29, 0.717) is 24.1 Å². The molecule has 13 heavy (non-hydrogen) atoms. The number of nitrogens with one attached hydrogen (secondary N) is 2. The zero-order valence-electron chi connectivity index (χ0n) is 7.63. The van der Waals surface area contributed by atoms with Gasteiger partial charge >= 0.3 is 0 Å². The summed E-state index contributed by atoms with van der Waals surface area (Å²) >= 11 is 5.64. The van der Waals surface area contributed by atoms with Gasteiger partial charge in [0.05, 0.1) is 0 Å². The quantitative estimate of drug-likeness (QED) is 0.533. The standard InChI is InChI=1S/C8H16ClN2OP/c9-5-6-13(12,10-7-1-2-7)11-8-3-4-8/h7-8H,1-6H2,(H2,10,11,12). The first-order chi connectivity index (χ1) is 6.22. The summed E-state index contributed by atoms with van der Waals surface area (Å²) in [6.07, 6.45) is 5.23. The number of alkyl halides is 1. The van der Waals surface area contributed by atoms with Crippen LogP contribution in [0.15, 0.2) is 0 Å². The molecule has 0 aromatic carbocycles. The zero-order chi connectivity index (χ0) is 9.31. The average molecular weight is 223 g/mol. The second-order valence-electron chi connectivity index (χ2n) is 3.96. The lowest BCUT2D eigenvalue weighted by molar-refractivity contribution is 0.552. The van der Waals surface area contributed by atoms with E-state index in [1.807, 2.05) is 0 Å². The Morgan fingerprint density at radius 3 is 1.92 bits per heavy atom. The molecule has 0 aromatic rings. The lowest BCUT2D eigenvalue weighted by Gasteiger charge is -2.19. The Morgan fingerprint density at radius 2 is 1.62 bits per heavy atom. The summed E-state index contributed by atoms with van der Waals surface area (Å²) < 4.78 is 12.2. The molecule has 76 valence electrons. The van der Waals surface area contributed by atoms with Crippen molar-refractivity contribution in [3.05, 3.63) is 0 Å². The van der Waals surface area contributed by atoms with Crippen LogP contribution in [-0.2, 0) is 4.57 Å². The van der Waals surface area contributed by atoms with E-state index in [1.54, 1.807) is 0 Å². The summed E-state index contributed by atoms with van der Waals surface area (Å²) in [5.41, 5.74) is 0. The Hall–Kier alpha value is 0.440. The Labute approximate surface area is 84.1 Å². The van der Waals surface area contributed by atoms with Crippen molar-refractivity contribution in [1.82, 2.24) is 10.2 Å². The van der Waals surface area contributed by atoms with Crippen molar-refractivity contribution in [3.63, 3.8) is 0 Å². The molecule has 0 heterocycles. The lowest BCUT2D eigenvalue weighted by Crippen LogP contribution is -2.27. The zero-order valence-corrected chi connectivity index (χ0v) is 9.28. The molecule has 2 aliphatic carbocycles. The van der Waals surface area contributed by atoms with E-state index < -0.39 is 7.44 Å². The third-order valence-electron chi connectivity index (χ3n) is 2.34. The van der Waals surface area contributed by atoms with Crippen molar-refractivity contribution in [2.75, 3.05) is 12.0 Å². The summed E-state index contributed by atoms with van der Waals surface area (Å²) in [7, 11) is -2.34. The van der Waals surface area contributed by atoms with Gasteiger partial charge in [0.1, 0.15) is 0 Å². The highest BCUT2D eigenvalue weighted by Gasteiger charge is 2.35.